The number of phenolic OH excluding ortho intramolecular Hbond substituents is 1. The van der Waals surface area contributed by atoms with E-state index in [0.717, 1.165) is 83.5 Å². The van der Waals surface area contributed by atoms with E-state index in [1.165, 1.54) is 112 Å². The second-order valence-electron chi connectivity index (χ2n) is 19.4. The highest BCUT2D eigenvalue weighted by Crippen LogP contribution is 2.37. The standard InChI is InChI=1S/C52H82O9.C12H10/c1-5-9-13-17-21-25-29-37-58-49(54)44-34-33-42(41-46(44)51(56)60-39-31-27-23-19-15-11-7-3)43-35-36-45(50(55)59-38-30-26-22-18-14-10-6-2)47(48(43)53)52(57)61-40-32-28-24-20-16-12-8-4;1-3-7-11(8-4-1)12-9-5-2-6-10-12/h33-36,41,53H,5-32,37-40H2,1-4H3;1-10H. The van der Waals surface area contributed by atoms with Crippen molar-refractivity contribution in [3.8, 4) is 28.0 Å². The van der Waals surface area contributed by atoms with Gasteiger partial charge in [0.25, 0.3) is 0 Å². The van der Waals surface area contributed by atoms with E-state index in [1.807, 2.05) is 12.1 Å². The number of ether oxygens (including phenoxy) is 4. The minimum absolute atomic E-state index is 0.00524. The van der Waals surface area contributed by atoms with Gasteiger partial charge in [-0.15, -0.1) is 0 Å². The molecule has 0 amide bonds. The SMILES string of the molecule is CCCCCCCCCOC(=O)c1ccc(-c2ccc(C(=O)OCCCCCCCCC)c(C(=O)OCCCCCCCCC)c2O)cc1C(=O)OCCCCCCCCC.c1ccc(-c2ccccc2)cc1. The summed E-state index contributed by atoms with van der Waals surface area (Å²) >= 11 is 0. The van der Waals surface area contributed by atoms with Crippen LogP contribution in [-0.4, -0.2) is 55.4 Å². The van der Waals surface area contributed by atoms with Gasteiger partial charge in [-0.05, 0) is 66.6 Å². The first kappa shape index (κ1) is 61.9. The lowest BCUT2D eigenvalue weighted by Gasteiger charge is -2.16. The molecule has 1 N–H and O–H groups in total. The van der Waals surface area contributed by atoms with Gasteiger partial charge < -0.3 is 24.1 Å². The summed E-state index contributed by atoms with van der Waals surface area (Å²) in [6.45, 7) is 9.53. The number of esters is 4. The van der Waals surface area contributed by atoms with Crippen LogP contribution in [0.1, 0.15) is 249 Å². The molecule has 0 saturated carbocycles. The molecule has 73 heavy (non-hydrogen) atoms. The van der Waals surface area contributed by atoms with Gasteiger partial charge in [-0.25, -0.2) is 19.2 Å². The fourth-order valence-corrected chi connectivity index (χ4v) is 8.72. The van der Waals surface area contributed by atoms with Crippen LogP contribution >= 0.6 is 0 Å². The molecule has 0 heterocycles. The van der Waals surface area contributed by atoms with Crippen molar-refractivity contribution in [3.05, 3.63) is 113 Å². The molecule has 0 unspecified atom stereocenters. The normalized spacial score (nSPS) is 10.8. The van der Waals surface area contributed by atoms with E-state index in [4.69, 9.17) is 18.9 Å². The maximum atomic E-state index is 13.7. The number of unbranched alkanes of at least 4 members (excludes halogenated alkanes) is 24. The zero-order valence-corrected chi connectivity index (χ0v) is 45.5. The molecule has 9 heteroatoms. The van der Waals surface area contributed by atoms with Crippen LogP contribution in [-0.2, 0) is 18.9 Å². The summed E-state index contributed by atoms with van der Waals surface area (Å²) in [6.07, 6.45) is 29.7. The fourth-order valence-electron chi connectivity index (χ4n) is 8.72. The summed E-state index contributed by atoms with van der Waals surface area (Å²) in [6, 6.07) is 28.3. The zero-order chi connectivity index (χ0) is 52.6. The van der Waals surface area contributed by atoms with Crippen LogP contribution in [0.15, 0.2) is 91.0 Å². The van der Waals surface area contributed by atoms with E-state index in [2.05, 4.69) is 76.2 Å². The third-order valence-corrected chi connectivity index (χ3v) is 13.2. The van der Waals surface area contributed by atoms with Gasteiger partial charge in [-0.2, -0.15) is 0 Å². The Morgan fingerprint density at radius 1 is 0.329 bits per heavy atom. The zero-order valence-electron chi connectivity index (χ0n) is 45.5. The lowest BCUT2D eigenvalue weighted by molar-refractivity contribution is 0.0447. The van der Waals surface area contributed by atoms with E-state index in [-0.39, 0.29) is 54.2 Å². The Kier molecular flexibility index (Phi) is 33.9. The molecule has 402 valence electrons. The maximum Gasteiger partial charge on any atom is 0.342 e. The summed E-state index contributed by atoms with van der Waals surface area (Å²) in [5.41, 5.74) is 2.79. The van der Waals surface area contributed by atoms with Crippen molar-refractivity contribution in [1.29, 1.82) is 0 Å². The molecule has 0 atom stereocenters. The van der Waals surface area contributed by atoms with Gasteiger partial charge in [-0.1, -0.05) is 249 Å². The summed E-state index contributed by atoms with van der Waals surface area (Å²) in [7, 11) is 0. The third-order valence-electron chi connectivity index (χ3n) is 13.2. The fraction of sp³-hybridized carbons (Fsp3) is 0.562. The van der Waals surface area contributed by atoms with Crippen LogP contribution in [0.5, 0.6) is 5.75 Å². The van der Waals surface area contributed by atoms with Crippen LogP contribution in [0.25, 0.3) is 22.3 Å². The molecule has 4 aromatic carbocycles. The Labute approximate surface area is 440 Å². The first-order valence-corrected chi connectivity index (χ1v) is 28.6. The quantitative estimate of drug-likeness (QED) is 0.0265. The average molecular weight is 1010 g/mol. The first-order chi connectivity index (χ1) is 35.8. The maximum absolute atomic E-state index is 13.7. The van der Waals surface area contributed by atoms with Crippen molar-refractivity contribution in [3.63, 3.8) is 0 Å². The van der Waals surface area contributed by atoms with Crippen molar-refractivity contribution >= 4 is 23.9 Å². The van der Waals surface area contributed by atoms with E-state index >= 15 is 0 Å². The van der Waals surface area contributed by atoms with E-state index in [9.17, 15) is 24.3 Å². The Morgan fingerprint density at radius 3 is 1.03 bits per heavy atom. The van der Waals surface area contributed by atoms with Crippen LogP contribution < -0.4 is 0 Å². The number of hydrogen-bond donors (Lipinski definition) is 1. The van der Waals surface area contributed by atoms with E-state index in [0.29, 0.717) is 24.8 Å². The molecular formula is C64H92O9. The number of hydrogen-bond acceptors (Lipinski definition) is 9. The Morgan fingerprint density at radius 2 is 0.644 bits per heavy atom. The Bertz CT molecular complexity index is 2060. The van der Waals surface area contributed by atoms with Gasteiger partial charge in [0.05, 0.1) is 43.1 Å². The molecule has 0 bridgehead atoms. The highest BCUT2D eigenvalue weighted by atomic mass is 16.5. The molecule has 0 aromatic heterocycles. The number of rotatable bonds is 38. The number of aromatic hydroxyl groups is 1. The van der Waals surface area contributed by atoms with Crippen LogP contribution in [0.4, 0.5) is 0 Å². The van der Waals surface area contributed by atoms with Crippen molar-refractivity contribution in [2.75, 3.05) is 26.4 Å². The molecule has 4 aromatic rings. The highest BCUT2D eigenvalue weighted by Gasteiger charge is 2.28. The highest BCUT2D eigenvalue weighted by molar-refractivity contribution is 6.08. The molecule has 0 saturated heterocycles. The van der Waals surface area contributed by atoms with Crippen LogP contribution in [0, 0.1) is 0 Å². The Balaban J connectivity index is 0.00000101. The number of carbonyl (C=O) groups is 4. The van der Waals surface area contributed by atoms with Crippen LogP contribution in [0.2, 0.25) is 0 Å². The molecule has 0 fully saturated rings. The smallest absolute Gasteiger partial charge is 0.342 e. The largest absolute Gasteiger partial charge is 0.506 e. The van der Waals surface area contributed by atoms with Crippen molar-refractivity contribution in [2.45, 2.75) is 207 Å². The van der Waals surface area contributed by atoms with E-state index < -0.39 is 29.6 Å². The van der Waals surface area contributed by atoms with Gasteiger partial charge in [0.1, 0.15) is 11.3 Å². The molecular weight excluding hydrogens is 913 g/mol. The summed E-state index contributed by atoms with van der Waals surface area (Å²) in [4.78, 5) is 54.2. The van der Waals surface area contributed by atoms with Gasteiger partial charge >= 0.3 is 23.9 Å². The van der Waals surface area contributed by atoms with Crippen LogP contribution in [0.3, 0.4) is 0 Å². The Hall–Kier alpha value is -5.44. The molecule has 9 nitrogen and oxygen atoms in total. The molecule has 4 rings (SSSR count). The minimum Gasteiger partial charge on any atom is -0.506 e. The number of benzene rings is 4. The second-order valence-corrected chi connectivity index (χ2v) is 19.4. The molecule has 0 aliphatic carbocycles. The van der Waals surface area contributed by atoms with Gasteiger partial charge in [-0.3, -0.25) is 0 Å². The summed E-state index contributed by atoms with van der Waals surface area (Å²) < 4.78 is 22.6. The molecule has 0 aliphatic heterocycles. The predicted molar refractivity (Wildman–Crippen MR) is 299 cm³/mol. The topological polar surface area (TPSA) is 125 Å². The van der Waals surface area contributed by atoms with Gasteiger partial charge in [0, 0.05) is 5.56 Å². The predicted octanol–water partition coefficient (Wildman–Crippen LogP) is 18.0. The molecule has 0 aliphatic rings. The number of phenols is 1. The first-order valence-electron chi connectivity index (χ1n) is 28.6. The van der Waals surface area contributed by atoms with Gasteiger partial charge in [0.15, 0.2) is 0 Å². The van der Waals surface area contributed by atoms with Gasteiger partial charge in [0.2, 0.25) is 0 Å². The van der Waals surface area contributed by atoms with E-state index in [1.54, 1.807) is 6.07 Å². The molecule has 0 spiro atoms. The van der Waals surface area contributed by atoms with Crippen molar-refractivity contribution < 1.29 is 43.2 Å². The monoisotopic (exact) mass is 1000 g/mol. The van der Waals surface area contributed by atoms with Crippen molar-refractivity contribution in [1.82, 2.24) is 0 Å². The third kappa shape index (κ3) is 25.4. The minimum atomic E-state index is -0.826. The lowest BCUT2D eigenvalue weighted by Crippen LogP contribution is -2.16. The number of carbonyl (C=O) groups excluding carboxylic acids is 4. The van der Waals surface area contributed by atoms with Crippen molar-refractivity contribution in [2.24, 2.45) is 0 Å². The lowest BCUT2D eigenvalue weighted by atomic mass is 9.94. The second kappa shape index (κ2) is 40.0. The summed E-state index contributed by atoms with van der Waals surface area (Å²) in [5, 5.41) is 11.8. The molecule has 0 radical (unpaired) electrons. The average Bonchev–Trinajstić information content (AvgIpc) is 3.41. The summed E-state index contributed by atoms with van der Waals surface area (Å²) in [5.74, 6) is -3.31.